The van der Waals surface area contributed by atoms with Crippen molar-refractivity contribution >= 4 is 39.8 Å². The fourth-order valence-electron chi connectivity index (χ4n) is 4.95. The third-order valence-electron chi connectivity index (χ3n) is 6.93. The molecule has 0 bridgehead atoms. The number of thiophene rings is 2. The van der Waals surface area contributed by atoms with Crippen LogP contribution in [0.15, 0.2) is 95.9 Å². The molecule has 2 atom stereocenters. The van der Waals surface area contributed by atoms with Crippen LogP contribution in [0.4, 0.5) is 5.69 Å². The highest BCUT2D eigenvalue weighted by molar-refractivity contribution is 7.14. The number of fused-ring (bicyclic) bond motifs is 1. The Morgan fingerprint density at radius 1 is 1.03 bits per heavy atom. The number of nitrogens with one attached hydrogen (secondary N) is 1. The number of methoxy groups -OCH3 is 1. The van der Waals surface area contributed by atoms with Gasteiger partial charge in [0.25, 0.3) is 5.91 Å². The summed E-state index contributed by atoms with van der Waals surface area (Å²) in [7, 11) is 1.60. The molecule has 2 aliphatic rings. The highest BCUT2D eigenvalue weighted by atomic mass is 32.1. The maximum atomic E-state index is 12.9. The summed E-state index contributed by atoms with van der Waals surface area (Å²) in [5.74, 6) is 2.14. The first-order valence-electron chi connectivity index (χ1n) is 12.8. The zero-order chi connectivity index (χ0) is 26.5. The Hall–Kier alpha value is -3.61. The molecule has 2 aromatic heterocycles. The molecule has 1 amide bonds. The van der Waals surface area contributed by atoms with Crippen LogP contribution in [-0.2, 0) is 0 Å². The van der Waals surface area contributed by atoms with Gasteiger partial charge >= 0.3 is 0 Å². The molecular formula is C32H32N2O2S2. The van der Waals surface area contributed by atoms with Crippen LogP contribution in [0, 0.1) is 18.8 Å². The molecule has 6 rings (SSSR count). The van der Waals surface area contributed by atoms with Crippen molar-refractivity contribution < 1.29 is 9.53 Å². The minimum atomic E-state index is 0.0422. The van der Waals surface area contributed by atoms with Gasteiger partial charge in [0.2, 0.25) is 0 Å². The second-order valence-electron chi connectivity index (χ2n) is 9.50. The summed E-state index contributed by atoms with van der Waals surface area (Å²) in [5.41, 5.74) is 11.3. The van der Waals surface area contributed by atoms with E-state index in [1.807, 2.05) is 47.7 Å². The summed E-state index contributed by atoms with van der Waals surface area (Å²) in [5, 5.41) is 5.31. The van der Waals surface area contributed by atoms with Crippen molar-refractivity contribution in [1.29, 1.82) is 0 Å². The third-order valence-corrected chi connectivity index (χ3v) is 8.90. The number of para-hydroxylation sites is 2. The van der Waals surface area contributed by atoms with Crippen molar-refractivity contribution in [3.05, 3.63) is 111 Å². The molecule has 3 N–H and O–H groups in total. The molecule has 4 nitrogen and oxygen atoms in total. The van der Waals surface area contributed by atoms with Gasteiger partial charge in [-0.05, 0) is 72.4 Å². The minimum Gasteiger partial charge on any atom is -0.495 e. The fourth-order valence-corrected chi connectivity index (χ4v) is 6.72. The molecule has 1 saturated carbocycles. The minimum absolute atomic E-state index is 0.0422. The number of anilines is 1. The van der Waals surface area contributed by atoms with E-state index in [2.05, 4.69) is 60.1 Å². The zero-order valence-corrected chi connectivity index (χ0v) is 23.3. The monoisotopic (exact) mass is 540 g/mol. The average Bonchev–Trinajstić information content (AvgIpc) is 3.36. The Kier molecular flexibility index (Phi) is 8.11. The van der Waals surface area contributed by atoms with Gasteiger partial charge in [-0.15, -0.1) is 22.7 Å². The molecule has 2 aromatic carbocycles. The summed E-state index contributed by atoms with van der Waals surface area (Å²) < 4.78 is 4.92. The molecule has 0 spiro atoms. The van der Waals surface area contributed by atoms with Crippen LogP contribution in [0.3, 0.4) is 0 Å². The fraction of sp³-hybridized carbons (Fsp3) is 0.219. The van der Waals surface area contributed by atoms with Crippen molar-refractivity contribution in [2.45, 2.75) is 19.8 Å². The van der Waals surface area contributed by atoms with Gasteiger partial charge in [-0.2, -0.15) is 0 Å². The largest absolute Gasteiger partial charge is 0.495 e. The van der Waals surface area contributed by atoms with E-state index in [0.29, 0.717) is 24.1 Å². The first-order chi connectivity index (χ1) is 18.5. The summed E-state index contributed by atoms with van der Waals surface area (Å²) >= 11 is 3.40. The van der Waals surface area contributed by atoms with E-state index in [1.165, 1.54) is 22.4 Å². The Morgan fingerprint density at radius 3 is 2.53 bits per heavy atom. The first kappa shape index (κ1) is 26.0. The number of aryl methyl sites for hydroxylation is 1. The molecule has 1 fully saturated rings. The maximum absolute atomic E-state index is 12.9. The Bertz CT molecular complexity index is 1450. The normalized spacial score (nSPS) is 17.3. The number of rotatable bonds is 7. The lowest BCUT2D eigenvalue weighted by Crippen LogP contribution is -2.24. The van der Waals surface area contributed by atoms with E-state index in [9.17, 15) is 4.79 Å². The third kappa shape index (κ3) is 5.93. The topological polar surface area (TPSA) is 64.3 Å². The number of ether oxygens (including phenoxy) is 1. The van der Waals surface area contributed by atoms with Crippen molar-refractivity contribution in [3.63, 3.8) is 0 Å². The number of benzene rings is 2. The maximum Gasteiger partial charge on any atom is 0.262 e. The number of allylic oxidation sites excluding steroid dienone is 3. The number of nitrogens with two attached hydrogens (primary N) is 1. The molecule has 194 valence electrons. The van der Waals surface area contributed by atoms with Crippen molar-refractivity contribution in [3.8, 4) is 16.9 Å². The highest BCUT2D eigenvalue weighted by Crippen LogP contribution is 2.55. The van der Waals surface area contributed by atoms with Crippen molar-refractivity contribution in [2.75, 3.05) is 19.4 Å². The Morgan fingerprint density at radius 2 is 1.82 bits per heavy atom. The van der Waals surface area contributed by atoms with Crippen LogP contribution in [-0.4, -0.2) is 19.6 Å². The number of carbonyl (C=O) groups excluding carboxylic acids is 1. The average molecular weight is 541 g/mol. The molecule has 2 heterocycles. The van der Waals surface area contributed by atoms with Gasteiger partial charge in [-0.1, -0.05) is 66.3 Å². The summed E-state index contributed by atoms with van der Waals surface area (Å²) in [4.78, 5) is 16.2. The molecule has 4 aromatic rings. The van der Waals surface area contributed by atoms with E-state index in [4.69, 9.17) is 10.5 Å². The van der Waals surface area contributed by atoms with E-state index in [0.717, 1.165) is 33.1 Å². The Labute approximate surface area is 232 Å². The van der Waals surface area contributed by atoms with E-state index in [1.54, 1.807) is 24.5 Å². The van der Waals surface area contributed by atoms with E-state index >= 15 is 0 Å². The van der Waals surface area contributed by atoms with E-state index < -0.39 is 0 Å². The van der Waals surface area contributed by atoms with Crippen LogP contribution in [0.1, 0.15) is 32.3 Å². The molecule has 2 aliphatic carbocycles. The smallest absolute Gasteiger partial charge is 0.262 e. The zero-order valence-electron chi connectivity index (χ0n) is 21.6. The predicted octanol–water partition coefficient (Wildman–Crippen LogP) is 7.84. The highest BCUT2D eigenvalue weighted by Gasteiger charge is 2.44. The van der Waals surface area contributed by atoms with Gasteiger partial charge < -0.3 is 15.8 Å². The van der Waals surface area contributed by atoms with E-state index in [-0.39, 0.29) is 5.91 Å². The molecule has 0 saturated heterocycles. The van der Waals surface area contributed by atoms with Crippen LogP contribution < -0.4 is 15.8 Å². The SMILES string of the molecule is COc1ccccc1N.Cc1cc(-c2ccccc2)c(C(=O)NCCC2=CC=C(c3cccs3)C3CC23)s1. The van der Waals surface area contributed by atoms with Crippen LogP contribution >= 0.6 is 22.7 Å². The van der Waals surface area contributed by atoms with Gasteiger partial charge in [-0.25, -0.2) is 0 Å². The second-order valence-corrected chi connectivity index (χ2v) is 11.7. The van der Waals surface area contributed by atoms with Crippen LogP contribution in [0.25, 0.3) is 16.7 Å². The van der Waals surface area contributed by atoms with Crippen LogP contribution in [0.2, 0.25) is 0 Å². The lowest BCUT2D eigenvalue weighted by Gasteiger charge is -2.14. The van der Waals surface area contributed by atoms with Gasteiger partial charge in [0.1, 0.15) is 5.75 Å². The lowest BCUT2D eigenvalue weighted by atomic mass is 9.95. The van der Waals surface area contributed by atoms with Gasteiger partial charge in [0, 0.05) is 21.9 Å². The quantitative estimate of drug-likeness (QED) is 0.235. The van der Waals surface area contributed by atoms with Gasteiger partial charge in [-0.3, -0.25) is 4.79 Å². The molecular weight excluding hydrogens is 508 g/mol. The molecule has 38 heavy (non-hydrogen) atoms. The molecule has 0 radical (unpaired) electrons. The molecule has 2 unspecified atom stereocenters. The number of hydrogen-bond acceptors (Lipinski definition) is 5. The summed E-state index contributed by atoms with van der Waals surface area (Å²) in [6.45, 7) is 2.76. The number of nitrogen functional groups attached to an aromatic ring is 1. The number of carbonyl (C=O) groups is 1. The molecule has 6 heteroatoms. The van der Waals surface area contributed by atoms with Crippen molar-refractivity contribution in [2.24, 2.45) is 11.8 Å². The summed E-state index contributed by atoms with van der Waals surface area (Å²) in [6, 6.07) is 24.0. The first-order valence-corrected chi connectivity index (χ1v) is 14.5. The van der Waals surface area contributed by atoms with Gasteiger partial charge in [0.05, 0.1) is 17.7 Å². The number of hydrogen-bond donors (Lipinski definition) is 2. The molecule has 0 aliphatic heterocycles. The van der Waals surface area contributed by atoms with Crippen LogP contribution in [0.5, 0.6) is 5.75 Å². The van der Waals surface area contributed by atoms with Crippen molar-refractivity contribution in [1.82, 2.24) is 5.32 Å². The number of amides is 1. The van der Waals surface area contributed by atoms with Gasteiger partial charge in [0.15, 0.2) is 0 Å². The standard InChI is InChI=1S/C25H23NOS2.C7H9NO/c1-16-14-21(17-6-3-2-4-7-17)24(29-16)25(27)26-12-11-18-9-10-19(22-15-20(18)22)23-8-5-13-28-23;1-9-7-5-3-2-4-6(7)8/h2-10,13-14,20,22H,11-12,15H2,1H3,(H,26,27);2-5H,8H2,1H3. The lowest BCUT2D eigenvalue weighted by molar-refractivity contribution is 0.0958. The second kappa shape index (κ2) is 11.8. The Balaban J connectivity index is 0.000000278. The predicted molar refractivity (Wildman–Crippen MR) is 161 cm³/mol. The summed E-state index contributed by atoms with van der Waals surface area (Å²) in [6.07, 6.45) is 6.78.